The van der Waals surface area contributed by atoms with E-state index in [1.54, 1.807) is 7.11 Å². The zero-order chi connectivity index (χ0) is 32.5. The Balaban J connectivity index is 1.02. The molecular formula is C38H51N7O2. The molecule has 2 saturated heterocycles. The number of allylic oxidation sites excluding steroid dienone is 10. The number of aromatic nitrogens is 4. The number of amides is 1. The van der Waals surface area contributed by atoms with E-state index in [-0.39, 0.29) is 23.9 Å². The van der Waals surface area contributed by atoms with Crippen molar-refractivity contribution in [3.8, 4) is 0 Å². The zero-order valence-corrected chi connectivity index (χ0v) is 28.5. The molecule has 4 unspecified atom stereocenters. The lowest BCUT2D eigenvalue weighted by Crippen LogP contribution is -2.49. The number of hydrogen-bond donors (Lipinski definition) is 3. The Morgan fingerprint density at radius 3 is 2.28 bits per heavy atom. The van der Waals surface area contributed by atoms with E-state index >= 15 is 0 Å². The standard InChI is InChI=1S/C38H51N7O2/c1-24(2)35(41-23-47-4)38(46)45-18-6-8-34(45)37-40-22-32(43-37)30-16-15-28-19-27(13-14-29(28)20-30)25-9-11-26(12-10-25)31-21-39-36(42-31)33-7-5-17-44(33)3/h9,11,15-16,19,21-22,24,29,33-35,41H,5-8,10,12-14,17-18,20,23H2,1-4H3,(H,39,42)(H,40,43). The number of carbonyl (C=O) groups excluding carboxylic acids is 1. The van der Waals surface area contributed by atoms with Crippen LogP contribution in [0.4, 0.5) is 0 Å². The molecule has 9 nitrogen and oxygen atoms in total. The number of methoxy groups -OCH3 is 1. The van der Waals surface area contributed by atoms with Crippen molar-refractivity contribution >= 4 is 17.1 Å². The minimum atomic E-state index is -0.269. The van der Waals surface area contributed by atoms with Gasteiger partial charge in [-0.3, -0.25) is 15.0 Å². The van der Waals surface area contributed by atoms with Crippen LogP contribution < -0.4 is 5.32 Å². The van der Waals surface area contributed by atoms with Crippen LogP contribution in [0.5, 0.6) is 0 Å². The fraction of sp³-hybridized carbons (Fsp3) is 0.553. The van der Waals surface area contributed by atoms with Gasteiger partial charge in [-0.05, 0) is 111 Å². The number of imidazole rings is 2. The van der Waals surface area contributed by atoms with E-state index in [9.17, 15) is 4.79 Å². The van der Waals surface area contributed by atoms with Gasteiger partial charge in [0.15, 0.2) is 0 Å². The molecule has 250 valence electrons. The molecule has 0 spiro atoms. The zero-order valence-electron chi connectivity index (χ0n) is 28.5. The summed E-state index contributed by atoms with van der Waals surface area (Å²) in [6.07, 6.45) is 25.5. The first-order valence-corrected chi connectivity index (χ1v) is 17.7. The van der Waals surface area contributed by atoms with Gasteiger partial charge in [-0.1, -0.05) is 44.2 Å². The largest absolute Gasteiger partial charge is 0.370 e. The predicted molar refractivity (Wildman–Crippen MR) is 186 cm³/mol. The Hall–Kier alpha value is -3.53. The maximum atomic E-state index is 13.5. The van der Waals surface area contributed by atoms with Crippen LogP contribution in [0.1, 0.15) is 107 Å². The molecule has 9 heteroatoms. The molecule has 2 aromatic heterocycles. The molecule has 0 aromatic carbocycles. The minimum Gasteiger partial charge on any atom is -0.370 e. The number of H-pyrrole nitrogens is 2. The molecule has 3 aliphatic carbocycles. The van der Waals surface area contributed by atoms with Crippen molar-refractivity contribution in [3.05, 3.63) is 82.5 Å². The monoisotopic (exact) mass is 637 g/mol. The van der Waals surface area contributed by atoms with Crippen LogP contribution in [-0.2, 0) is 9.53 Å². The smallest absolute Gasteiger partial charge is 0.240 e. The topological polar surface area (TPSA) is 102 Å². The number of aromatic amines is 2. The van der Waals surface area contributed by atoms with Crippen LogP contribution in [0.3, 0.4) is 0 Å². The summed E-state index contributed by atoms with van der Waals surface area (Å²) in [5.74, 6) is 2.85. The van der Waals surface area contributed by atoms with Crippen LogP contribution in [0.15, 0.2) is 59.5 Å². The highest BCUT2D eigenvalue weighted by Crippen LogP contribution is 2.42. The third-order valence-corrected chi connectivity index (χ3v) is 11.0. The lowest BCUT2D eigenvalue weighted by atomic mass is 9.75. The van der Waals surface area contributed by atoms with E-state index in [0.29, 0.717) is 18.7 Å². The van der Waals surface area contributed by atoms with Crippen LogP contribution in [-0.4, -0.2) is 75.7 Å². The van der Waals surface area contributed by atoms with Crippen LogP contribution in [0.25, 0.3) is 11.1 Å². The van der Waals surface area contributed by atoms with Gasteiger partial charge in [0.1, 0.15) is 11.6 Å². The Labute approximate surface area is 279 Å². The Morgan fingerprint density at radius 1 is 0.894 bits per heavy atom. The minimum absolute atomic E-state index is 0.0139. The molecule has 0 saturated carbocycles. The van der Waals surface area contributed by atoms with Crippen molar-refractivity contribution in [2.45, 2.75) is 89.8 Å². The molecule has 4 atom stereocenters. The molecule has 2 fully saturated rings. The maximum Gasteiger partial charge on any atom is 0.240 e. The van der Waals surface area contributed by atoms with Crippen molar-refractivity contribution in [1.29, 1.82) is 0 Å². The predicted octanol–water partition coefficient (Wildman–Crippen LogP) is 6.63. The molecule has 7 rings (SSSR count). The molecule has 2 aromatic rings. The fourth-order valence-corrected chi connectivity index (χ4v) is 8.27. The molecular weight excluding hydrogens is 586 g/mol. The molecule has 0 bridgehead atoms. The van der Waals surface area contributed by atoms with Crippen molar-refractivity contribution < 1.29 is 9.53 Å². The number of hydrogen-bond acceptors (Lipinski definition) is 6. The van der Waals surface area contributed by atoms with Crippen molar-refractivity contribution in [2.75, 3.05) is 34.0 Å². The SMILES string of the molecule is COCNC(C(=O)N1CCCC1c1ncc(C2=CC=C3C=C(C4=CC=C(c5cnc(C6CCCN6C)[nH]5)CC4)CCC3C2)[nH]1)C(C)C. The highest BCUT2D eigenvalue weighted by atomic mass is 16.5. The lowest BCUT2D eigenvalue weighted by Gasteiger charge is -2.30. The van der Waals surface area contributed by atoms with E-state index in [2.05, 4.69) is 71.5 Å². The number of carbonyl (C=O) groups is 1. The van der Waals surface area contributed by atoms with Crippen molar-refractivity contribution in [1.82, 2.24) is 35.1 Å². The first-order valence-electron chi connectivity index (χ1n) is 17.7. The average Bonchev–Trinajstić information content (AvgIpc) is 3.91. The third-order valence-electron chi connectivity index (χ3n) is 11.0. The summed E-state index contributed by atoms with van der Waals surface area (Å²) in [5, 5.41) is 3.27. The van der Waals surface area contributed by atoms with Gasteiger partial charge in [0, 0.05) is 13.7 Å². The van der Waals surface area contributed by atoms with Crippen molar-refractivity contribution in [3.63, 3.8) is 0 Å². The van der Waals surface area contributed by atoms with Gasteiger partial charge in [-0.25, -0.2) is 9.97 Å². The van der Waals surface area contributed by atoms with Gasteiger partial charge in [0.25, 0.3) is 0 Å². The van der Waals surface area contributed by atoms with Gasteiger partial charge >= 0.3 is 0 Å². The Kier molecular flexibility index (Phi) is 9.48. The number of likely N-dealkylation sites (tertiary alicyclic amines) is 2. The fourth-order valence-electron chi connectivity index (χ4n) is 8.27. The number of nitrogens with zero attached hydrogens (tertiary/aromatic N) is 4. The maximum absolute atomic E-state index is 13.5. The van der Waals surface area contributed by atoms with Gasteiger partial charge in [0.05, 0.1) is 48.6 Å². The van der Waals surface area contributed by atoms with Crippen LogP contribution in [0, 0.1) is 11.8 Å². The second-order valence-corrected chi connectivity index (χ2v) is 14.4. The molecule has 4 heterocycles. The van der Waals surface area contributed by atoms with Crippen molar-refractivity contribution in [2.24, 2.45) is 11.8 Å². The van der Waals surface area contributed by atoms with Gasteiger partial charge in [-0.2, -0.15) is 0 Å². The highest BCUT2D eigenvalue weighted by Gasteiger charge is 2.37. The summed E-state index contributed by atoms with van der Waals surface area (Å²) >= 11 is 0. The molecule has 2 aliphatic heterocycles. The normalized spacial score (nSPS) is 25.7. The number of ether oxygens (including phenoxy) is 1. The number of rotatable bonds is 10. The van der Waals surface area contributed by atoms with E-state index in [1.807, 2.05) is 17.3 Å². The summed E-state index contributed by atoms with van der Waals surface area (Å²) in [6, 6.07) is 0.141. The number of nitrogens with one attached hydrogen (secondary N) is 3. The molecule has 0 radical (unpaired) electrons. The molecule has 1 amide bonds. The van der Waals surface area contributed by atoms with E-state index in [0.717, 1.165) is 69.0 Å². The number of fused-ring (bicyclic) bond motifs is 1. The summed E-state index contributed by atoms with van der Waals surface area (Å²) in [6.45, 7) is 6.43. The van der Waals surface area contributed by atoms with Gasteiger partial charge in [0.2, 0.25) is 5.91 Å². The summed E-state index contributed by atoms with van der Waals surface area (Å²) in [4.78, 5) is 34.8. The van der Waals surface area contributed by atoms with Crippen LogP contribution >= 0.6 is 0 Å². The second-order valence-electron chi connectivity index (χ2n) is 14.4. The van der Waals surface area contributed by atoms with E-state index in [4.69, 9.17) is 14.7 Å². The summed E-state index contributed by atoms with van der Waals surface area (Å²) in [5.41, 5.74) is 9.33. The first-order chi connectivity index (χ1) is 22.9. The third kappa shape index (κ3) is 6.62. The van der Waals surface area contributed by atoms with Gasteiger partial charge in [-0.15, -0.1) is 0 Å². The van der Waals surface area contributed by atoms with E-state index < -0.39 is 0 Å². The second kappa shape index (κ2) is 13.9. The van der Waals surface area contributed by atoms with E-state index in [1.165, 1.54) is 52.8 Å². The average molecular weight is 638 g/mol. The summed E-state index contributed by atoms with van der Waals surface area (Å²) < 4.78 is 5.20. The quantitative estimate of drug-likeness (QED) is 0.253. The summed E-state index contributed by atoms with van der Waals surface area (Å²) in [7, 11) is 3.84. The molecule has 47 heavy (non-hydrogen) atoms. The van der Waals surface area contributed by atoms with Gasteiger partial charge < -0.3 is 19.6 Å². The highest BCUT2D eigenvalue weighted by molar-refractivity contribution is 5.83. The Bertz CT molecular complexity index is 1620. The molecule has 5 aliphatic rings. The Morgan fingerprint density at radius 2 is 1.57 bits per heavy atom. The first kappa shape index (κ1) is 32.0. The van der Waals surface area contributed by atoms with Crippen LogP contribution in [0.2, 0.25) is 0 Å². The lowest BCUT2D eigenvalue weighted by molar-refractivity contribution is -0.136. The molecule has 3 N–H and O–H groups in total.